The number of halogens is 1. The number of cyclic esters (lactones) is 1. The molecule has 1 aromatic carbocycles. The van der Waals surface area contributed by atoms with E-state index in [1.807, 2.05) is 6.07 Å². The summed E-state index contributed by atoms with van der Waals surface area (Å²) in [6.45, 7) is 0. The molecule has 0 saturated carbocycles. The fourth-order valence-corrected chi connectivity index (χ4v) is 1.65. The molecule has 1 fully saturated rings. The molecule has 2 atom stereocenters. The van der Waals surface area contributed by atoms with Crippen LogP contribution in [0.1, 0.15) is 11.7 Å². The zero-order valence-corrected chi connectivity index (χ0v) is 7.90. The zero-order valence-electron chi connectivity index (χ0n) is 7.14. The van der Waals surface area contributed by atoms with Crippen molar-refractivity contribution in [2.45, 2.75) is 11.5 Å². The van der Waals surface area contributed by atoms with Crippen LogP contribution in [0.3, 0.4) is 0 Å². The minimum Gasteiger partial charge on any atom is -0.450 e. The molecule has 2 rings (SSSR count). The van der Waals surface area contributed by atoms with E-state index in [1.165, 1.54) is 0 Å². The number of carbonyl (C=O) groups is 2. The van der Waals surface area contributed by atoms with Crippen LogP contribution < -0.4 is 0 Å². The molecule has 1 saturated heterocycles. The molecule has 14 heavy (non-hydrogen) atoms. The van der Waals surface area contributed by atoms with Gasteiger partial charge >= 0.3 is 5.97 Å². The van der Waals surface area contributed by atoms with Crippen molar-refractivity contribution in [3.05, 3.63) is 35.9 Å². The van der Waals surface area contributed by atoms with Gasteiger partial charge < -0.3 is 4.74 Å². The summed E-state index contributed by atoms with van der Waals surface area (Å²) in [4.78, 5) is 22.0. The van der Waals surface area contributed by atoms with Gasteiger partial charge in [-0.15, -0.1) is 11.6 Å². The molecular weight excluding hydrogens is 204 g/mol. The highest BCUT2D eigenvalue weighted by Crippen LogP contribution is 2.31. The van der Waals surface area contributed by atoms with Crippen molar-refractivity contribution in [2.75, 3.05) is 0 Å². The monoisotopic (exact) mass is 210 g/mol. The number of esters is 1. The summed E-state index contributed by atoms with van der Waals surface area (Å²) in [6.07, 6.45) is -0.641. The summed E-state index contributed by atoms with van der Waals surface area (Å²) in [5, 5.41) is -0.898. The molecule has 72 valence electrons. The molecule has 0 spiro atoms. The summed E-state index contributed by atoms with van der Waals surface area (Å²) in [5.41, 5.74) is 0.742. The lowest BCUT2D eigenvalue weighted by atomic mass is 10.1. The van der Waals surface area contributed by atoms with Crippen molar-refractivity contribution in [3.8, 4) is 0 Å². The normalized spacial score (nSPS) is 26.4. The first kappa shape index (κ1) is 9.21. The van der Waals surface area contributed by atoms with E-state index in [-0.39, 0.29) is 0 Å². The number of ketones is 1. The number of ether oxygens (including phenoxy) is 1. The molecule has 0 N–H and O–H groups in total. The van der Waals surface area contributed by atoms with E-state index in [0.29, 0.717) is 0 Å². The van der Waals surface area contributed by atoms with Crippen molar-refractivity contribution in [2.24, 2.45) is 0 Å². The van der Waals surface area contributed by atoms with Gasteiger partial charge in [-0.2, -0.15) is 0 Å². The molecule has 4 heteroatoms. The molecule has 0 bridgehead atoms. The van der Waals surface area contributed by atoms with Crippen LogP contribution in [-0.2, 0) is 14.3 Å². The van der Waals surface area contributed by atoms with Crippen LogP contribution in [0.15, 0.2) is 30.3 Å². The SMILES string of the molecule is O=C1OC(c2ccccc2)C(Cl)C1=O. The third-order valence-electron chi connectivity index (χ3n) is 2.08. The Morgan fingerprint density at radius 2 is 1.79 bits per heavy atom. The van der Waals surface area contributed by atoms with Gasteiger partial charge in [-0.3, -0.25) is 4.79 Å². The number of rotatable bonds is 1. The summed E-state index contributed by atoms with van der Waals surface area (Å²) in [7, 11) is 0. The molecular formula is C10H7ClO3. The van der Waals surface area contributed by atoms with E-state index >= 15 is 0 Å². The van der Waals surface area contributed by atoms with Crippen LogP contribution in [-0.4, -0.2) is 17.1 Å². The predicted molar refractivity (Wildman–Crippen MR) is 49.9 cm³/mol. The average molecular weight is 211 g/mol. The Balaban J connectivity index is 2.30. The summed E-state index contributed by atoms with van der Waals surface area (Å²) >= 11 is 5.76. The van der Waals surface area contributed by atoms with Crippen molar-refractivity contribution in [1.29, 1.82) is 0 Å². The van der Waals surface area contributed by atoms with Gasteiger partial charge in [-0.05, 0) is 5.56 Å². The highest BCUT2D eigenvalue weighted by molar-refractivity contribution is 6.49. The summed E-state index contributed by atoms with van der Waals surface area (Å²) in [6, 6.07) is 8.98. The standard InChI is InChI=1S/C10H7ClO3/c11-7-8(12)10(13)14-9(7)6-4-2-1-3-5-6/h1-5,7,9H. The van der Waals surface area contributed by atoms with E-state index in [2.05, 4.69) is 0 Å². The van der Waals surface area contributed by atoms with Crippen LogP contribution in [0.2, 0.25) is 0 Å². The Morgan fingerprint density at radius 1 is 1.14 bits per heavy atom. The Labute approximate surface area is 85.6 Å². The minimum atomic E-state index is -0.898. The van der Waals surface area contributed by atoms with Gasteiger partial charge in [0.2, 0.25) is 0 Å². The van der Waals surface area contributed by atoms with Crippen molar-refractivity contribution >= 4 is 23.4 Å². The fraction of sp³-hybridized carbons (Fsp3) is 0.200. The Bertz CT molecular complexity index is 374. The second kappa shape index (κ2) is 3.42. The Hall–Kier alpha value is -1.35. The lowest BCUT2D eigenvalue weighted by Gasteiger charge is -2.10. The first-order valence-corrected chi connectivity index (χ1v) is 4.57. The van der Waals surface area contributed by atoms with Crippen LogP contribution in [0.4, 0.5) is 0 Å². The van der Waals surface area contributed by atoms with Gasteiger partial charge in [0.15, 0.2) is 6.10 Å². The topological polar surface area (TPSA) is 43.4 Å². The number of carbonyl (C=O) groups excluding carboxylic acids is 2. The summed E-state index contributed by atoms with van der Waals surface area (Å²) in [5.74, 6) is -1.51. The first-order chi connectivity index (χ1) is 6.70. The van der Waals surface area contributed by atoms with E-state index in [4.69, 9.17) is 16.3 Å². The van der Waals surface area contributed by atoms with E-state index in [9.17, 15) is 9.59 Å². The summed E-state index contributed by atoms with van der Waals surface area (Å²) < 4.78 is 4.85. The van der Waals surface area contributed by atoms with Crippen LogP contribution in [0, 0.1) is 0 Å². The molecule has 1 aliphatic rings. The number of hydrogen-bond acceptors (Lipinski definition) is 3. The number of hydrogen-bond donors (Lipinski definition) is 0. The molecule has 1 heterocycles. The third-order valence-corrected chi connectivity index (χ3v) is 2.51. The number of benzene rings is 1. The first-order valence-electron chi connectivity index (χ1n) is 4.14. The predicted octanol–water partition coefficient (Wildman–Crippen LogP) is 1.46. The second-order valence-corrected chi connectivity index (χ2v) is 3.47. The highest BCUT2D eigenvalue weighted by atomic mass is 35.5. The van der Waals surface area contributed by atoms with E-state index in [1.54, 1.807) is 24.3 Å². The van der Waals surface area contributed by atoms with Crippen LogP contribution in [0.25, 0.3) is 0 Å². The molecule has 0 aromatic heterocycles. The molecule has 1 aromatic rings. The zero-order chi connectivity index (χ0) is 10.1. The average Bonchev–Trinajstić information content (AvgIpc) is 2.47. The number of Topliss-reactive ketones (excluding diaryl/α,β-unsaturated/α-hetero) is 1. The van der Waals surface area contributed by atoms with Crippen molar-refractivity contribution in [1.82, 2.24) is 0 Å². The molecule has 2 unspecified atom stereocenters. The molecule has 0 amide bonds. The van der Waals surface area contributed by atoms with Crippen LogP contribution in [0.5, 0.6) is 0 Å². The maximum atomic E-state index is 11.1. The van der Waals surface area contributed by atoms with Gasteiger partial charge in [0.25, 0.3) is 5.78 Å². The Morgan fingerprint density at radius 3 is 2.29 bits per heavy atom. The fourth-order valence-electron chi connectivity index (χ4n) is 1.36. The quantitative estimate of drug-likeness (QED) is 0.401. The van der Waals surface area contributed by atoms with Gasteiger partial charge in [0.05, 0.1) is 0 Å². The molecule has 3 nitrogen and oxygen atoms in total. The molecule has 0 aliphatic carbocycles. The maximum Gasteiger partial charge on any atom is 0.377 e. The van der Waals surface area contributed by atoms with Crippen LogP contribution >= 0.6 is 11.6 Å². The van der Waals surface area contributed by atoms with Crippen molar-refractivity contribution < 1.29 is 14.3 Å². The molecule has 1 aliphatic heterocycles. The Kier molecular flexibility index (Phi) is 2.25. The third kappa shape index (κ3) is 1.40. The maximum absolute atomic E-state index is 11.1. The lowest BCUT2D eigenvalue weighted by Crippen LogP contribution is -2.15. The number of alkyl halides is 1. The second-order valence-electron chi connectivity index (χ2n) is 3.00. The smallest absolute Gasteiger partial charge is 0.377 e. The van der Waals surface area contributed by atoms with Gasteiger partial charge in [-0.25, -0.2) is 4.79 Å². The van der Waals surface area contributed by atoms with Crippen molar-refractivity contribution in [3.63, 3.8) is 0 Å². The minimum absolute atomic E-state index is 0.641. The molecule has 0 radical (unpaired) electrons. The van der Waals surface area contributed by atoms with Gasteiger partial charge in [0, 0.05) is 0 Å². The highest BCUT2D eigenvalue weighted by Gasteiger charge is 2.42. The largest absolute Gasteiger partial charge is 0.450 e. The lowest BCUT2D eigenvalue weighted by molar-refractivity contribution is -0.149. The van der Waals surface area contributed by atoms with E-state index < -0.39 is 23.2 Å². The van der Waals surface area contributed by atoms with Gasteiger partial charge in [-0.1, -0.05) is 30.3 Å². The van der Waals surface area contributed by atoms with E-state index in [0.717, 1.165) is 5.56 Å². The van der Waals surface area contributed by atoms with Gasteiger partial charge in [0.1, 0.15) is 5.38 Å².